The SMILES string of the molecule is N#Cc1ccc(C(CN2C(=O)C(CC(=O)N3CCOCC3)N(Cc3cccc4ccccc34)C2=O)n2ccnc2)cc1. The summed E-state index contributed by atoms with van der Waals surface area (Å²) < 4.78 is 7.23. The van der Waals surface area contributed by atoms with Gasteiger partial charge in [-0.15, -0.1) is 0 Å². The van der Waals surface area contributed by atoms with Crippen LogP contribution >= 0.6 is 0 Å². The van der Waals surface area contributed by atoms with E-state index in [-0.39, 0.29) is 25.4 Å². The third-order valence-electron chi connectivity index (χ3n) is 8.02. The van der Waals surface area contributed by atoms with E-state index in [2.05, 4.69) is 11.1 Å². The number of hydrogen-bond acceptors (Lipinski definition) is 6. The summed E-state index contributed by atoms with van der Waals surface area (Å²) in [6, 6.07) is 21.2. The van der Waals surface area contributed by atoms with Crippen molar-refractivity contribution < 1.29 is 19.1 Å². The standard InChI is InChI=1S/C32H30N6O4/c33-19-23-8-10-25(11-9-23)29(36-13-12-34-22-36)21-38-31(40)28(18-30(39)35-14-16-42-17-15-35)37(32(38)41)20-26-6-3-5-24-4-1-2-7-27(24)26/h1-13,22,28-29H,14-18,20-21H2. The number of hydrogen-bond donors (Lipinski definition) is 0. The van der Waals surface area contributed by atoms with Crippen LogP contribution in [0.5, 0.6) is 0 Å². The zero-order valence-electron chi connectivity index (χ0n) is 23.0. The highest BCUT2D eigenvalue weighted by molar-refractivity contribution is 6.06. The Morgan fingerprint density at radius 1 is 1.02 bits per heavy atom. The molecule has 10 heteroatoms. The number of carbonyl (C=O) groups is 3. The van der Waals surface area contributed by atoms with Gasteiger partial charge in [0.05, 0.1) is 50.2 Å². The molecular weight excluding hydrogens is 532 g/mol. The first-order valence-electron chi connectivity index (χ1n) is 13.9. The Morgan fingerprint density at radius 2 is 1.79 bits per heavy atom. The predicted molar refractivity (Wildman–Crippen MR) is 154 cm³/mol. The maximum atomic E-state index is 14.1. The second-order valence-electron chi connectivity index (χ2n) is 10.5. The molecular formula is C32H30N6O4. The van der Waals surface area contributed by atoms with Crippen LogP contribution in [-0.2, 0) is 20.9 Å². The van der Waals surface area contributed by atoms with Gasteiger partial charge in [-0.3, -0.25) is 14.5 Å². The molecule has 212 valence electrons. The van der Waals surface area contributed by atoms with Crippen molar-refractivity contribution in [1.29, 1.82) is 5.26 Å². The fourth-order valence-electron chi connectivity index (χ4n) is 5.74. The predicted octanol–water partition coefficient (Wildman–Crippen LogP) is 3.58. The number of imide groups is 1. The highest BCUT2D eigenvalue weighted by atomic mass is 16.5. The largest absolute Gasteiger partial charge is 0.378 e. The zero-order valence-corrected chi connectivity index (χ0v) is 23.0. The van der Waals surface area contributed by atoms with Gasteiger partial charge >= 0.3 is 6.03 Å². The van der Waals surface area contributed by atoms with E-state index >= 15 is 0 Å². The number of benzene rings is 3. The molecule has 0 N–H and O–H groups in total. The van der Waals surface area contributed by atoms with E-state index in [0.29, 0.717) is 31.9 Å². The minimum Gasteiger partial charge on any atom is -0.378 e. The van der Waals surface area contributed by atoms with Gasteiger partial charge in [0.25, 0.3) is 5.91 Å². The monoisotopic (exact) mass is 562 g/mol. The molecule has 4 aromatic rings. The molecule has 0 spiro atoms. The minimum atomic E-state index is -0.934. The maximum absolute atomic E-state index is 14.1. The molecule has 6 rings (SSSR count). The number of aromatic nitrogens is 2. The number of amides is 4. The Kier molecular flexibility index (Phi) is 7.66. The van der Waals surface area contributed by atoms with E-state index in [1.165, 1.54) is 9.80 Å². The number of imidazole rings is 1. The lowest BCUT2D eigenvalue weighted by Crippen LogP contribution is -2.45. The maximum Gasteiger partial charge on any atom is 0.327 e. The molecule has 3 aromatic carbocycles. The highest BCUT2D eigenvalue weighted by Crippen LogP contribution is 2.30. The molecule has 2 aliphatic rings. The van der Waals surface area contributed by atoms with Crippen LogP contribution in [-0.4, -0.2) is 81.0 Å². The number of nitrogens with zero attached hydrogens (tertiary/aromatic N) is 6. The Morgan fingerprint density at radius 3 is 2.52 bits per heavy atom. The molecule has 42 heavy (non-hydrogen) atoms. The number of carbonyl (C=O) groups excluding carboxylic acids is 3. The summed E-state index contributed by atoms with van der Waals surface area (Å²) in [5, 5.41) is 11.3. The second-order valence-corrected chi connectivity index (χ2v) is 10.5. The number of urea groups is 1. The van der Waals surface area contributed by atoms with Gasteiger partial charge < -0.3 is 19.1 Å². The lowest BCUT2D eigenvalue weighted by atomic mass is 10.0. The van der Waals surface area contributed by atoms with E-state index in [1.54, 1.807) is 35.8 Å². The van der Waals surface area contributed by atoms with E-state index < -0.39 is 24.0 Å². The first-order valence-corrected chi connectivity index (χ1v) is 13.9. The van der Waals surface area contributed by atoms with E-state index in [0.717, 1.165) is 21.9 Å². The van der Waals surface area contributed by atoms with Crippen LogP contribution in [0, 0.1) is 11.3 Å². The first kappa shape index (κ1) is 27.2. The fourth-order valence-corrected chi connectivity index (χ4v) is 5.74. The second kappa shape index (κ2) is 11.8. The summed E-state index contributed by atoms with van der Waals surface area (Å²) in [5.74, 6) is -0.576. The van der Waals surface area contributed by atoms with Crippen LogP contribution in [0.3, 0.4) is 0 Å². The number of fused-ring (bicyclic) bond motifs is 1. The molecule has 1 aromatic heterocycles. The molecule has 0 bridgehead atoms. The molecule has 2 saturated heterocycles. The Hall–Kier alpha value is -5.01. The van der Waals surface area contributed by atoms with Crippen molar-refractivity contribution >= 4 is 28.6 Å². The summed E-state index contributed by atoms with van der Waals surface area (Å²) in [6.45, 7) is 2.06. The van der Waals surface area contributed by atoms with Gasteiger partial charge in [-0.25, -0.2) is 9.78 Å². The third kappa shape index (κ3) is 5.34. The topological polar surface area (TPSA) is 112 Å². The van der Waals surface area contributed by atoms with Crippen molar-refractivity contribution in [1.82, 2.24) is 24.3 Å². The van der Waals surface area contributed by atoms with Crippen molar-refractivity contribution in [2.75, 3.05) is 32.8 Å². The molecule has 0 aliphatic carbocycles. The number of nitriles is 1. The summed E-state index contributed by atoms with van der Waals surface area (Å²) in [6.07, 6.45) is 4.96. The first-order chi connectivity index (χ1) is 20.5. The van der Waals surface area contributed by atoms with Gasteiger partial charge in [0.15, 0.2) is 0 Å². The Balaban J connectivity index is 1.33. The average molecular weight is 563 g/mol. The molecule has 2 aliphatic heterocycles. The zero-order chi connectivity index (χ0) is 29.1. The van der Waals surface area contributed by atoms with Gasteiger partial charge in [-0.05, 0) is 34.0 Å². The van der Waals surface area contributed by atoms with Gasteiger partial charge in [0.1, 0.15) is 6.04 Å². The molecule has 0 radical (unpaired) electrons. The smallest absolute Gasteiger partial charge is 0.327 e. The van der Waals surface area contributed by atoms with Crippen LogP contribution in [0.1, 0.15) is 29.2 Å². The quantitative estimate of drug-likeness (QED) is 0.304. The van der Waals surface area contributed by atoms with Crippen LogP contribution < -0.4 is 0 Å². The molecule has 3 heterocycles. The van der Waals surface area contributed by atoms with Gasteiger partial charge in [0.2, 0.25) is 5.91 Å². The van der Waals surface area contributed by atoms with E-state index in [9.17, 15) is 19.6 Å². The molecule has 4 amide bonds. The average Bonchev–Trinajstić information content (AvgIpc) is 3.64. The molecule has 2 fully saturated rings. The number of morpholine rings is 1. The van der Waals surface area contributed by atoms with E-state index in [4.69, 9.17) is 4.74 Å². The summed E-state index contributed by atoms with van der Waals surface area (Å²) in [4.78, 5) is 50.1. The van der Waals surface area contributed by atoms with Crippen molar-refractivity contribution in [3.05, 3.63) is 102 Å². The van der Waals surface area contributed by atoms with Crippen LogP contribution in [0.2, 0.25) is 0 Å². The molecule has 2 atom stereocenters. The lowest BCUT2D eigenvalue weighted by Gasteiger charge is -2.29. The minimum absolute atomic E-state index is 0.0498. The van der Waals surface area contributed by atoms with Gasteiger partial charge in [-0.2, -0.15) is 5.26 Å². The lowest BCUT2D eigenvalue weighted by molar-refractivity contribution is -0.139. The van der Waals surface area contributed by atoms with Gasteiger partial charge in [-0.1, -0.05) is 54.6 Å². The molecule has 2 unspecified atom stereocenters. The summed E-state index contributed by atoms with van der Waals surface area (Å²) in [5.41, 5.74) is 2.23. The van der Waals surface area contributed by atoms with Crippen LogP contribution in [0.4, 0.5) is 4.79 Å². The van der Waals surface area contributed by atoms with Crippen molar-refractivity contribution in [2.45, 2.75) is 25.0 Å². The summed E-state index contributed by atoms with van der Waals surface area (Å²) >= 11 is 0. The number of ether oxygens (including phenoxy) is 1. The van der Waals surface area contributed by atoms with Gasteiger partial charge in [0, 0.05) is 32.0 Å². The third-order valence-corrected chi connectivity index (χ3v) is 8.02. The van der Waals surface area contributed by atoms with Crippen molar-refractivity contribution in [3.63, 3.8) is 0 Å². The Labute approximate surface area is 243 Å². The van der Waals surface area contributed by atoms with Crippen molar-refractivity contribution in [2.24, 2.45) is 0 Å². The normalized spacial score (nSPS) is 18.0. The highest BCUT2D eigenvalue weighted by Gasteiger charge is 2.47. The fraction of sp³-hybridized carbons (Fsp3) is 0.281. The van der Waals surface area contributed by atoms with E-state index in [1.807, 2.05) is 59.2 Å². The molecule has 10 nitrogen and oxygen atoms in total. The molecule has 0 saturated carbocycles. The Bertz CT molecular complexity index is 1630. The van der Waals surface area contributed by atoms with Crippen LogP contribution in [0.25, 0.3) is 10.8 Å². The number of rotatable bonds is 8. The summed E-state index contributed by atoms with van der Waals surface area (Å²) in [7, 11) is 0. The van der Waals surface area contributed by atoms with Crippen LogP contribution in [0.15, 0.2) is 85.5 Å². The van der Waals surface area contributed by atoms with Crippen molar-refractivity contribution in [3.8, 4) is 6.07 Å².